The van der Waals surface area contributed by atoms with Crippen LogP contribution in [0.1, 0.15) is 63.9 Å². The van der Waals surface area contributed by atoms with Gasteiger partial charge in [0.05, 0.1) is 13.2 Å². The first-order valence-electron chi connectivity index (χ1n) is 11.8. The maximum absolute atomic E-state index is 14.0. The van der Waals surface area contributed by atoms with E-state index < -0.39 is 24.3 Å². The third-order valence-corrected chi connectivity index (χ3v) is 6.11. The lowest BCUT2D eigenvalue weighted by Crippen LogP contribution is -2.36. The van der Waals surface area contributed by atoms with Crippen molar-refractivity contribution in [2.24, 2.45) is 5.92 Å². The third-order valence-electron chi connectivity index (χ3n) is 6.11. The van der Waals surface area contributed by atoms with Gasteiger partial charge in [0.1, 0.15) is 0 Å². The predicted molar refractivity (Wildman–Crippen MR) is 123 cm³/mol. The van der Waals surface area contributed by atoms with Crippen LogP contribution in [0.4, 0.5) is 8.78 Å². The van der Waals surface area contributed by atoms with Gasteiger partial charge in [0.2, 0.25) is 0 Å². The minimum atomic E-state index is -3.40. The van der Waals surface area contributed by atoms with Gasteiger partial charge < -0.3 is 9.64 Å². The number of nitrogens with zero attached hydrogens (tertiary/aromatic N) is 1. The first-order chi connectivity index (χ1) is 15.7. The Morgan fingerprint density at radius 2 is 1.85 bits per heavy atom. The molecule has 2 unspecified atom stereocenters. The van der Waals surface area contributed by atoms with Crippen LogP contribution < -0.4 is 0 Å². The molecule has 7 heteroatoms. The van der Waals surface area contributed by atoms with E-state index in [0.29, 0.717) is 25.7 Å². The molecule has 1 saturated heterocycles. The molecule has 2 atom stereocenters. The number of hydrogen-bond acceptors (Lipinski definition) is 4. The van der Waals surface area contributed by atoms with Gasteiger partial charge in [-0.05, 0) is 43.7 Å². The van der Waals surface area contributed by atoms with E-state index in [9.17, 15) is 23.2 Å². The topological polar surface area (TPSA) is 63.7 Å². The molecule has 0 bridgehead atoms. The van der Waals surface area contributed by atoms with E-state index in [4.69, 9.17) is 0 Å². The van der Waals surface area contributed by atoms with Gasteiger partial charge in [-0.1, -0.05) is 56.2 Å². The summed E-state index contributed by atoms with van der Waals surface area (Å²) in [7, 11) is 1.34. The molecular weight excluding hydrogens is 428 g/mol. The summed E-state index contributed by atoms with van der Waals surface area (Å²) in [4.78, 5) is 36.9. The zero-order valence-corrected chi connectivity index (χ0v) is 19.6. The molecule has 0 radical (unpaired) electrons. The lowest BCUT2D eigenvalue weighted by molar-refractivity contribution is -0.148. The highest BCUT2D eigenvalue weighted by atomic mass is 19.3. The molecule has 33 heavy (non-hydrogen) atoms. The highest BCUT2D eigenvalue weighted by Crippen LogP contribution is 2.34. The largest absolute Gasteiger partial charge is 0.469 e. The van der Waals surface area contributed by atoms with Crippen molar-refractivity contribution in [2.75, 3.05) is 13.7 Å². The number of hydrogen-bond donors (Lipinski definition) is 0. The van der Waals surface area contributed by atoms with Crippen LogP contribution in [0.2, 0.25) is 0 Å². The summed E-state index contributed by atoms with van der Waals surface area (Å²) in [5.74, 6) is -5.15. The van der Waals surface area contributed by atoms with Crippen LogP contribution in [0.25, 0.3) is 0 Å². The van der Waals surface area contributed by atoms with E-state index in [1.54, 1.807) is 0 Å². The molecule has 1 aliphatic rings. The van der Waals surface area contributed by atoms with Gasteiger partial charge in [0.25, 0.3) is 5.91 Å². The van der Waals surface area contributed by atoms with Crippen molar-refractivity contribution in [2.45, 2.75) is 76.7 Å². The van der Waals surface area contributed by atoms with Crippen molar-refractivity contribution in [3.63, 3.8) is 0 Å². The summed E-state index contributed by atoms with van der Waals surface area (Å²) in [6.07, 6.45) is 7.75. The van der Waals surface area contributed by atoms with Gasteiger partial charge in [0.15, 0.2) is 5.78 Å². The van der Waals surface area contributed by atoms with Crippen LogP contribution in [-0.4, -0.2) is 48.2 Å². The smallest absolute Gasteiger partial charge is 0.327 e. The molecule has 1 aromatic rings. The highest BCUT2D eigenvalue weighted by molar-refractivity contribution is 5.92. The number of ether oxygens (including phenoxy) is 1. The van der Waals surface area contributed by atoms with Gasteiger partial charge in [-0.2, -0.15) is 8.78 Å². The molecule has 5 nitrogen and oxygen atoms in total. The van der Waals surface area contributed by atoms with Crippen LogP contribution in [0.5, 0.6) is 0 Å². The molecule has 0 saturated carbocycles. The van der Waals surface area contributed by atoms with Crippen LogP contribution in [0.15, 0.2) is 42.5 Å². The lowest BCUT2D eigenvalue weighted by atomic mass is 9.96. The number of unbranched alkanes of at least 4 members (excludes halogenated alkanes) is 3. The lowest BCUT2D eigenvalue weighted by Gasteiger charge is -2.21. The van der Waals surface area contributed by atoms with Crippen molar-refractivity contribution in [3.8, 4) is 0 Å². The van der Waals surface area contributed by atoms with Crippen LogP contribution >= 0.6 is 0 Å². The second-order valence-electron chi connectivity index (χ2n) is 8.76. The summed E-state index contributed by atoms with van der Waals surface area (Å²) in [6.45, 7) is 2.06. The van der Waals surface area contributed by atoms with Crippen LogP contribution in [0, 0.1) is 5.92 Å². The number of rotatable bonds is 14. The number of ketones is 1. The van der Waals surface area contributed by atoms with Gasteiger partial charge in [-0.3, -0.25) is 14.4 Å². The van der Waals surface area contributed by atoms with Crippen molar-refractivity contribution < 1.29 is 27.9 Å². The number of amides is 1. The summed E-state index contributed by atoms with van der Waals surface area (Å²) in [5.41, 5.74) is 1.22. The van der Waals surface area contributed by atoms with E-state index in [-0.39, 0.29) is 24.2 Å². The van der Waals surface area contributed by atoms with E-state index in [0.717, 1.165) is 25.7 Å². The van der Waals surface area contributed by atoms with E-state index in [1.807, 2.05) is 25.1 Å². The standard InChI is InChI=1S/C26H35F2NO4/c1-20(11-10-14-21-12-6-5-7-13-21)23(30)17-16-22-19-26(27,28)25(32)29(22)18-9-4-3-8-15-24(31)33-2/h5-7,12-13,16-17,20,22H,3-4,8-11,14-15,18-19H2,1-2H3/b17-16+. The number of methoxy groups -OCH3 is 1. The SMILES string of the molecule is COC(=O)CCCCCCN1C(=O)C(F)(F)CC1/C=C/C(=O)C(C)CCCc1ccccc1. The number of likely N-dealkylation sites (tertiary alicyclic amines) is 1. The Labute approximate surface area is 195 Å². The molecule has 0 aliphatic carbocycles. The minimum Gasteiger partial charge on any atom is -0.469 e. The second kappa shape index (κ2) is 13.2. The fourth-order valence-electron chi connectivity index (χ4n) is 4.04. The number of carbonyl (C=O) groups excluding carboxylic acids is 3. The Morgan fingerprint density at radius 3 is 2.55 bits per heavy atom. The quantitative estimate of drug-likeness (QED) is 0.218. The highest BCUT2D eigenvalue weighted by Gasteiger charge is 2.52. The Kier molecular flexibility index (Phi) is 10.7. The fourth-order valence-corrected chi connectivity index (χ4v) is 4.04. The molecule has 0 aromatic heterocycles. The number of allylic oxidation sites excluding steroid dienone is 1. The molecule has 1 aromatic carbocycles. The number of alkyl halides is 2. The monoisotopic (exact) mass is 463 g/mol. The number of aryl methyl sites for hydroxylation is 1. The van der Waals surface area contributed by atoms with E-state index in [2.05, 4.69) is 16.9 Å². The average Bonchev–Trinajstić information content (AvgIpc) is 3.02. The maximum atomic E-state index is 14.0. The van der Waals surface area contributed by atoms with Crippen molar-refractivity contribution >= 4 is 17.7 Å². The van der Waals surface area contributed by atoms with Crippen LogP contribution in [0.3, 0.4) is 0 Å². The third kappa shape index (κ3) is 8.71. The summed E-state index contributed by atoms with van der Waals surface area (Å²) in [6, 6.07) is 9.27. The average molecular weight is 464 g/mol. The molecule has 0 N–H and O–H groups in total. The van der Waals surface area contributed by atoms with Crippen LogP contribution in [-0.2, 0) is 25.5 Å². The first-order valence-corrected chi connectivity index (χ1v) is 11.8. The van der Waals surface area contributed by atoms with E-state index >= 15 is 0 Å². The Bertz CT molecular complexity index is 810. The molecular formula is C26H35F2NO4. The number of esters is 1. The number of carbonyl (C=O) groups is 3. The Balaban J connectivity index is 1.80. The summed E-state index contributed by atoms with van der Waals surface area (Å²) in [5, 5.41) is 0. The van der Waals surface area contributed by atoms with Crippen molar-refractivity contribution in [1.82, 2.24) is 4.90 Å². The molecule has 1 amide bonds. The normalized spacial score (nSPS) is 18.6. The second-order valence-corrected chi connectivity index (χ2v) is 8.76. The van der Waals surface area contributed by atoms with Gasteiger partial charge >= 0.3 is 11.9 Å². The van der Waals surface area contributed by atoms with E-state index in [1.165, 1.54) is 29.7 Å². The summed E-state index contributed by atoms with van der Waals surface area (Å²) >= 11 is 0. The predicted octanol–water partition coefficient (Wildman–Crippen LogP) is 5.13. The van der Waals surface area contributed by atoms with Gasteiger partial charge in [-0.15, -0.1) is 0 Å². The molecule has 1 fully saturated rings. The molecule has 2 rings (SSSR count). The molecule has 1 aliphatic heterocycles. The Morgan fingerprint density at radius 1 is 1.15 bits per heavy atom. The molecule has 182 valence electrons. The zero-order chi connectivity index (χ0) is 24.3. The molecule has 1 heterocycles. The molecule has 0 spiro atoms. The fraction of sp³-hybridized carbons (Fsp3) is 0.577. The van der Waals surface area contributed by atoms with Gasteiger partial charge in [0, 0.05) is 25.3 Å². The number of benzene rings is 1. The number of halogens is 2. The summed E-state index contributed by atoms with van der Waals surface area (Å²) < 4.78 is 32.7. The maximum Gasteiger partial charge on any atom is 0.327 e. The zero-order valence-electron chi connectivity index (χ0n) is 19.6. The van der Waals surface area contributed by atoms with Crippen molar-refractivity contribution in [3.05, 3.63) is 48.0 Å². The minimum absolute atomic E-state index is 0.103. The Hall–Kier alpha value is -2.57. The first kappa shape index (κ1) is 26.7. The van der Waals surface area contributed by atoms with Gasteiger partial charge in [-0.25, -0.2) is 0 Å². The van der Waals surface area contributed by atoms with Crippen molar-refractivity contribution in [1.29, 1.82) is 0 Å².